The van der Waals surface area contributed by atoms with Gasteiger partial charge in [-0.2, -0.15) is 0 Å². The molecule has 2 amide bonds. The summed E-state index contributed by atoms with van der Waals surface area (Å²) in [6.45, 7) is 9.13. The van der Waals surface area contributed by atoms with E-state index in [0.29, 0.717) is 59.4 Å². The van der Waals surface area contributed by atoms with Crippen LogP contribution in [-0.4, -0.2) is 36.6 Å². The number of rotatable bonds is 12. The summed E-state index contributed by atoms with van der Waals surface area (Å²) < 4.78 is 18.2. The Balaban J connectivity index is 1.69. The Morgan fingerprint density at radius 1 is 1.00 bits per heavy atom. The second-order valence-corrected chi connectivity index (χ2v) is 9.79. The molecule has 1 heterocycles. The van der Waals surface area contributed by atoms with E-state index >= 15 is 0 Å². The molecule has 9 heteroatoms. The topological polar surface area (TPSA) is 89.1 Å². The van der Waals surface area contributed by atoms with Gasteiger partial charge in [0.05, 0.1) is 18.8 Å². The van der Waals surface area contributed by atoms with Crippen LogP contribution in [0.25, 0.3) is 0 Å². The molecule has 1 atom stereocenters. The summed E-state index contributed by atoms with van der Waals surface area (Å²) in [7, 11) is 0. The van der Waals surface area contributed by atoms with Gasteiger partial charge in [-0.1, -0.05) is 42.4 Å². The highest BCUT2D eigenvalue weighted by Gasteiger charge is 2.36. The lowest BCUT2D eigenvalue weighted by atomic mass is 10.0. The van der Waals surface area contributed by atoms with Crippen molar-refractivity contribution >= 4 is 33.4 Å². The first-order chi connectivity index (χ1) is 18.9. The predicted octanol–water partition coefficient (Wildman–Crippen LogP) is 6.50. The van der Waals surface area contributed by atoms with Crippen LogP contribution in [0.4, 0.5) is 5.69 Å². The summed E-state index contributed by atoms with van der Waals surface area (Å²) in [4.78, 5) is 27.1. The normalized spacial score (nSPS) is 14.2. The second kappa shape index (κ2) is 13.2. The number of halogens is 1. The maximum Gasteiger partial charge on any atom is 0.276 e. The lowest BCUT2D eigenvalue weighted by Gasteiger charge is -2.38. The fourth-order valence-electron chi connectivity index (χ4n) is 4.03. The third-order valence-corrected chi connectivity index (χ3v) is 6.40. The van der Waals surface area contributed by atoms with Gasteiger partial charge in [-0.15, -0.1) is 0 Å². The maximum atomic E-state index is 13.8. The van der Waals surface area contributed by atoms with Crippen LogP contribution in [0.3, 0.4) is 0 Å². The average molecular weight is 595 g/mol. The highest BCUT2D eigenvalue weighted by molar-refractivity contribution is 9.10. The van der Waals surface area contributed by atoms with Crippen LogP contribution < -0.4 is 25.0 Å². The average Bonchev–Trinajstić information content (AvgIpc) is 2.95. The van der Waals surface area contributed by atoms with Crippen LogP contribution in [0.5, 0.6) is 17.2 Å². The quantitative estimate of drug-likeness (QED) is 0.233. The molecule has 0 radical (unpaired) electrons. The largest absolute Gasteiger partial charge is 0.493 e. The monoisotopic (exact) mass is 593 g/mol. The first kappa shape index (κ1) is 28.0. The molecule has 1 aliphatic heterocycles. The van der Waals surface area contributed by atoms with Gasteiger partial charge in [-0.3, -0.25) is 15.0 Å². The van der Waals surface area contributed by atoms with Crippen molar-refractivity contribution in [1.29, 1.82) is 0 Å². The molecule has 0 bridgehead atoms. The number of carbonyl (C=O) groups is 2. The lowest BCUT2D eigenvalue weighted by Crippen LogP contribution is -2.53. The Morgan fingerprint density at radius 3 is 2.44 bits per heavy atom. The van der Waals surface area contributed by atoms with Gasteiger partial charge in [0.1, 0.15) is 23.9 Å². The number of nitrogens with zero attached hydrogens (tertiary/aromatic N) is 1. The fourth-order valence-corrected chi connectivity index (χ4v) is 4.39. The summed E-state index contributed by atoms with van der Waals surface area (Å²) in [6, 6.07) is 17.6. The maximum absolute atomic E-state index is 13.8. The zero-order valence-electron chi connectivity index (χ0n) is 22.0. The van der Waals surface area contributed by atoms with Crippen molar-refractivity contribution in [2.45, 2.75) is 32.9 Å². The molecule has 0 saturated carbocycles. The Labute approximate surface area is 237 Å². The van der Waals surface area contributed by atoms with Crippen molar-refractivity contribution in [2.75, 3.05) is 25.1 Å². The number of ether oxygens (including phenoxy) is 3. The molecule has 0 spiro atoms. The van der Waals surface area contributed by atoms with Crippen LogP contribution >= 0.6 is 15.9 Å². The Kier molecular flexibility index (Phi) is 9.49. The summed E-state index contributed by atoms with van der Waals surface area (Å²) in [6.07, 6.45) is 2.59. The minimum Gasteiger partial charge on any atom is -0.493 e. The van der Waals surface area contributed by atoms with Crippen molar-refractivity contribution in [2.24, 2.45) is 0 Å². The van der Waals surface area contributed by atoms with E-state index in [4.69, 9.17) is 14.2 Å². The van der Waals surface area contributed by atoms with Crippen LogP contribution in [0, 0.1) is 0 Å². The molecule has 1 unspecified atom stereocenters. The summed E-state index contributed by atoms with van der Waals surface area (Å²) in [5.74, 6) is 1.05. The summed E-state index contributed by atoms with van der Waals surface area (Å²) in [5.41, 5.74) is 4.94. The fraction of sp³-hybridized carbons (Fsp3) is 0.267. The van der Waals surface area contributed by atoms with E-state index in [0.717, 1.165) is 17.3 Å². The van der Waals surface area contributed by atoms with E-state index in [-0.39, 0.29) is 5.91 Å². The SMILES string of the molecule is C=CCOc1ccc(C(=O)NN2C(=O)c3cc(Br)ccc3NC2c2ccc(OCCC)cc2OCCC)cc1. The smallest absolute Gasteiger partial charge is 0.276 e. The first-order valence-corrected chi connectivity index (χ1v) is 13.7. The molecular weight excluding hydrogens is 562 g/mol. The summed E-state index contributed by atoms with van der Waals surface area (Å²) in [5, 5.41) is 4.71. The van der Waals surface area contributed by atoms with E-state index in [1.165, 1.54) is 5.01 Å². The van der Waals surface area contributed by atoms with Gasteiger partial charge in [-0.05, 0) is 67.4 Å². The second-order valence-electron chi connectivity index (χ2n) is 8.87. The van der Waals surface area contributed by atoms with E-state index < -0.39 is 12.1 Å². The number of fused-ring (bicyclic) bond motifs is 1. The lowest BCUT2D eigenvalue weighted by molar-refractivity contribution is 0.0487. The highest BCUT2D eigenvalue weighted by Crippen LogP contribution is 2.38. The number of hydrogen-bond acceptors (Lipinski definition) is 6. The molecule has 3 aromatic rings. The third-order valence-electron chi connectivity index (χ3n) is 5.90. The molecule has 8 nitrogen and oxygen atoms in total. The number of nitrogens with one attached hydrogen (secondary N) is 2. The third kappa shape index (κ3) is 6.72. The highest BCUT2D eigenvalue weighted by atomic mass is 79.9. The molecule has 0 aliphatic carbocycles. The van der Waals surface area contributed by atoms with Gasteiger partial charge in [0.15, 0.2) is 6.17 Å². The molecule has 1 aliphatic rings. The first-order valence-electron chi connectivity index (χ1n) is 12.9. The van der Waals surface area contributed by atoms with Crippen LogP contribution in [0.15, 0.2) is 77.8 Å². The van der Waals surface area contributed by atoms with Crippen LogP contribution in [0.1, 0.15) is 59.1 Å². The minimum absolute atomic E-state index is 0.359. The van der Waals surface area contributed by atoms with Gasteiger partial charge in [-0.25, -0.2) is 5.01 Å². The number of benzene rings is 3. The van der Waals surface area contributed by atoms with Gasteiger partial charge in [0, 0.05) is 27.4 Å². The number of hydrazine groups is 1. The minimum atomic E-state index is -0.739. The molecule has 4 rings (SSSR count). The van der Waals surface area contributed by atoms with Crippen molar-refractivity contribution in [3.05, 3.63) is 94.5 Å². The molecule has 204 valence electrons. The van der Waals surface area contributed by atoms with Crippen molar-refractivity contribution in [3.8, 4) is 17.2 Å². The molecule has 39 heavy (non-hydrogen) atoms. The molecule has 2 N–H and O–H groups in total. The van der Waals surface area contributed by atoms with Crippen molar-refractivity contribution in [1.82, 2.24) is 10.4 Å². The molecule has 0 saturated heterocycles. The van der Waals surface area contributed by atoms with E-state index in [1.807, 2.05) is 44.2 Å². The Morgan fingerprint density at radius 2 is 1.72 bits per heavy atom. The standard InChI is InChI=1S/C30H32BrN3O5/c1-4-15-37-22-10-7-20(8-11-22)29(35)33-34-28(32-26-14-9-21(31)18-25(26)30(34)36)24-13-12-23(38-16-5-2)19-27(24)39-17-6-3/h4,7-14,18-19,28,32H,1,5-6,15-17H2,2-3H3,(H,33,35). The molecular formula is C30H32BrN3O5. The number of carbonyl (C=O) groups excluding carboxylic acids is 2. The van der Waals surface area contributed by atoms with Gasteiger partial charge < -0.3 is 19.5 Å². The van der Waals surface area contributed by atoms with Crippen molar-refractivity contribution < 1.29 is 23.8 Å². The van der Waals surface area contributed by atoms with Gasteiger partial charge in [0.25, 0.3) is 11.8 Å². The number of hydrogen-bond donors (Lipinski definition) is 2. The predicted molar refractivity (Wildman–Crippen MR) is 154 cm³/mol. The van der Waals surface area contributed by atoms with E-state index in [9.17, 15) is 9.59 Å². The van der Waals surface area contributed by atoms with E-state index in [1.54, 1.807) is 36.4 Å². The van der Waals surface area contributed by atoms with Gasteiger partial charge >= 0.3 is 0 Å². The zero-order valence-corrected chi connectivity index (χ0v) is 23.6. The zero-order chi connectivity index (χ0) is 27.8. The molecule has 0 aromatic heterocycles. The summed E-state index contributed by atoms with van der Waals surface area (Å²) >= 11 is 3.44. The van der Waals surface area contributed by atoms with E-state index in [2.05, 4.69) is 33.3 Å². The number of anilines is 1. The molecule has 3 aromatic carbocycles. The van der Waals surface area contributed by atoms with Crippen LogP contribution in [0.2, 0.25) is 0 Å². The number of amides is 2. The van der Waals surface area contributed by atoms with Crippen LogP contribution in [-0.2, 0) is 0 Å². The Bertz CT molecular complexity index is 1330. The Hall–Kier alpha value is -3.98. The van der Waals surface area contributed by atoms with Gasteiger partial charge in [0.2, 0.25) is 0 Å². The molecule has 0 fully saturated rings. The van der Waals surface area contributed by atoms with Crippen molar-refractivity contribution in [3.63, 3.8) is 0 Å².